The number of esters is 2. The van der Waals surface area contributed by atoms with Crippen LogP contribution in [-0.2, 0) is 19.1 Å². The lowest BCUT2D eigenvalue weighted by Crippen LogP contribution is -2.26. The third-order valence-corrected chi connectivity index (χ3v) is 2.68. The van der Waals surface area contributed by atoms with Gasteiger partial charge in [-0.05, 0) is 27.7 Å². The van der Waals surface area contributed by atoms with Crippen LogP contribution < -0.4 is 5.32 Å². The van der Waals surface area contributed by atoms with Crippen molar-refractivity contribution in [3.8, 4) is 0 Å². The number of carbonyl (C=O) groups excluding carboxylic acids is 2. The average Bonchev–Trinajstić information content (AvgIpc) is 2.29. The number of ether oxygens (including phenoxy) is 2. The van der Waals surface area contributed by atoms with E-state index in [4.69, 9.17) is 9.47 Å². The van der Waals surface area contributed by atoms with Gasteiger partial charge in [0.1, 0.15) is 0 Å². The minimum absolute atomic E-state index is 0. The molecule has 19 heavy (non-hydrogen) atoms. The first-order chi connectivity index (χ1) is 8.51. The van der Waals surface area contributed by atoms with Crippen LogP contribution in [0.2, 0.25) is 0 Å². The van der Waals surface area contributed by atoms with Crippen molar-refractivity contribution in [2.24, 2.45) is 0 Å². The third-order valence-electron chi connectivity index (χ3n) is 2.68. The van der Waals surface area contributed by atoms with Crippen LogP contribution in [0.15, 0.2) is 22.5 Å². The topological polar surface area (TPSA) is 64.6 Å². The van der Waals surface area contributed by atoms with Crippen molar-refractivity contribution in [1.29, 1.82) is 0 Å². The van der Waals surface area contributed by atoms with E-state index >= 15 is 0 Å². The van der Waals surface area contributed by atoms with Crippen LogP contribution in [0.5, 0.6) is 0 Å². The van der Waals surface area contributed by atoms with Crippen molar-refractivity contribution < 1.29 is 19.1 Å². The van der Waals surface area contributed by atoms with Crippen LogP contribution in [0.4, 0.5) is 0 Å². The summed E-state index contributed by atoms with van der Waals surface area (Å²) in [6, 6.07) is 0. The predicted octanol–water partition coefficient (Wildman–Crippen LogP) is 2.29. The molecule has 0 amide bonds. The molecule has 1 aliphatic heterocycles. The van der Waals surface area contributed by atoms with E-state index in [9.17, 15) is 9.59 Å². The summed E-state index contributed by atoms with van der Waals surface area (Å²) in [7, 11) is 0. The molecule has 0 aromatic carbocycles. The first-order valence-corrected chi connectivity index (χ1v) is 6.02. The van der Waals surface area contributed by atoms with Crippen LogP contribution in [0, 0.1) is 0 Å². The molecule has 0 unspecified atom stereocenters. The zero-order valence-electron chi connectivity index (χ0n) is 11.3. The minimum Gasteiger partial charge on any atom is -0.463 e. The summed E-state index contributed by atoms with van der Waals surface area (Å²) in [6.45, 7) is 7.70. The van der Waals surface area contributed by atoms with Crippen molar-refractivity contribution in [2.75, 3.05) is 13.2 Å². The molecule has 0 bridgehead atoms. The maximum Gasteiger partial charge on any atom is 0.336 e. The Bertz CT molecular complexity index is 383. The van der Waals surface area contributed by atoms with E-state index < -0.39 is 11.9 Å². The average molecular weight is 269 g/mol. The Balaban J connectivity index is 0.00000324. The first-order valence-electron chi connectivity index (χ1n) is 6.02. The van der Waals surface area contributed by atoms with Crippen molar-refractivity contribution >= 4 is 11.9 Å². The highest BCUT2D eigenvalue weighted by molar-refractivity contribution is 5.96. The van der Waals surface area contributed by atoms with Crippen LogP contribution in [0.25, 0.3) is 0 Å². The third kappa shape index (κ3) is 4.12. The quantitative estimate of drug-likeness (QED) is 0.793. The lowest BCUT2D eigenvalue weighted by Gasteiger charge is -2.22. The molecule has 1 aliphatic rings. The summed E-state index contributed by atoms with van der Waals surface area (Å²) < 4.78 is 9.93. The van der Waals surface area contributed by atoms with E-state index in [1.165, 1.54) is 0 Å². The Hall–Kier alpha value is -1.78. The molecule has 0 fully saturated rings. The van der Waals surface area contributed by atoms with Crippen LogP contribution >= 0.6 is 0 Å². The number of allylic oxidation sites excluding steroid dienone is 2. The SMILES string of the molecule is C.CCOC(=O)C1=C(C)NC(C)=C(C(=O)OCC)C1. The number of dihydropyridines is 1. The Morgan fingerprint density at radius 2 is 1.37 bits per heavy atom. The second-order valence-corrected chi connectivity index (χ2v) is 3.95. The molecule has 0 aromatic heterocycles. The molecule has 5 nitrogen and oxygen atoms in total. The van der Waals surface area contributed by atoms with Crippen molar-refractivity contribution in [2.45, 2.75) is 41.5 Å². The second kappa shape index (κ2) is 7.61. The highest BCUT2D eigenvalue weighted by Crippen LogP contribution is 2.24. The van der Waals surface area contributed by atoms with Gasteiger partial charge in [-0.2, -0.15) is 0 Å². The fourth-order valence-corrected chi connectivity index (χ4v) is 1.76. The van der Waals surface area contributed by atoms with Crippen molar-refractivity contribution in [1.82, 2.24) is 5.32 Å². The summed E-state index contributed by atoms with van der Waals surface area (Å²) in [5.74, 6) is -0.784. The van der Waals surface area contributed by atoms with Gasteiger partial charge in [-0.3, -0.25) is 0 Å². The van der Waals surface area contributed by atoms with Crippen LogP contribution in [0.3, 0.4) is 0 Å². The minimum atomic E-state index is -0.392. The molecular formula is C14H23NO4. The molecule has 0 saturated carbocycles. The number of hydrogen-bond acceptors (Lipinski definition) is 5. The van der Waals surface area contributed by atoms with Crippen LogP contribution in [-0.4, -0.2) is 25.2 Å². The summed E-state index contributed by atoms with van der Waals surface area (Å²) in [5.41, 5.74) is 2.40. The van der Waals surface area contributed by atoms with Crippen molar-refractivity contribution in [3.05, 3.63) is 22.5 Å². The van der Waals surface area contributed by atoms with Gasteiger partial charge in [0.2, 0.25) is 0 Å². The standard InChI is InChI=1S/C13H19NO4.CH4/c1-5-17-12(15)10-7-11(13(16)18-6-2)9(4)14-8(10)3;/h14H,5-7H2,1-4H3;1H4. The molecular weight excluding hydrogens is 246 g/mol. The zero-order valence-corrected chi connectivity index (χ0v) is 11.3. The van der Waals surface area contributed by atoms with Gasteiger partial charge in [-0.1, -0.05) is 7.43 Å². The Kier molecular flexibility index (Phi) is 6.90. The number of nitrogens with one attached hydrogen (secondary N) is 1. The molecule has 0 spiro atoms. The van der Waals surface area contributed by atoms with E-state index in [0.717, 1.165) is 11.4 Å². The van der Waals surface area contributed by atoms with Gasteiger partial charge in [0.15, 0.2) is 0 Å². The first kappa shape index (κ1) is 17.2. The van der Waals surface area contributed by atoms with E-state index in [0.29, 0.717) is 24.4 Å². The molecule has 108 valence electrons. The molecule has 5 heteroatoms. The number of rotatable bonds is 4. The fourth-order valence-electron chi connectivity index (χ4n) is 1.76. The number of hydrogen-bond donors (Lipinski definition) is 1. The maximum absolute atomic E-state index is 11.7. The van der Waals surface area contributed by atoms with Gasteiger partial charge in [0, 0.05) is 17.8 Å². The molecule has 0 saturated heterocycles. The lowest BCUT2D eigenvalue weighted by atomic mass is 9.98. The van der Waals surface area contributed by atoms with E-state index in [2.05, 4.69) is 5.32 Å². The van der Waals surface area contributed by atoms with Gasteiger partial charge in [0.25, 0.3) is 0 Å². The molecule has 1 rings (SSSR count). The molecule has 1 N–H and O–H groups in total. The predicted molar refractivity (Wildman–Crippen MR) is 73.1 cm³/mol. The van der Waals surface area contributed by atoms with Gasteiger partial charge in [0.05, 0.1) is 24.4 Å². The van der Waals surface area contributed by atoms with Gasteiger partial charge in [-0.25, -0.2) is 9.59 Å². The molecule has 0 aromatic rings. The Morgan fingerprint density at radius 3 is 1.68 bits per heavy atom. The van der Waals surface area contributed by atoms with E-state index in [-0.39, 0.29) is 13.8 Å². The summed E-state index contributed by atoms with van der Waals surface area (Å²) in [4.78, 5) is 23.5. The van der Waals surface area contributed by atoms with Gasteiger partial charge < -0.3 is 14.8 Å². The second-order valence-electron chi connectivity index (χ2n) is 3.95. The largest absolute Gasteiger partial charge is 0.463 e. The highest BCUT2D eigenvalue weighted by Gasteiger charge is 2.26. The zero-order chi connectivity index (χ0) is 13.7. The summed E-state index contributed by atoms with van der Waals surface area (Å²) in [5, 5.41) is 3.02. The summed E-state index contributed by atoms with van der Waals surface area (Å²) in [6.07, 6.45) is 0.252. The molecule has 1 heterocycles. The van der Waals surface area contributed by atoms with Crippen molar-refractivity contribution in [3.63, 3.8) is 0 Å². The van der Waals surface area contributed by atoms with Crippen LogP contribution in [0.1, 0.15) is 41.5 Å². The highest BCUT2D eigenvalue weighted by atomic mass is 16.5. The Labute approximate surface area is 114 Å². The molecule has 0 aliphatic carbocycles. The molecule has 0 atom stereocenters. The smallest absolute Gasteiger partial charge is 0.336 e. The Morgan fingerprint density at radius 1 is 1.00 bits per heavy atom. The monoisotopic (exact) mass is 269 g/mol. The number of carbonyl (C=O) groups is 2. The summed E-state index contributed by atoms with van der Waals surface area (Å²) >= 11 is 0. The van der Waals surface area contributed by atoms with Gasteiger partial charge >= 0.3 is 11.9 Å². The lowest BCUT2D eigenvalue weighted by molar-refractivity contribution is -0.139. The molecule has 0 radical (unpaired) electrons. The fraction of sp³-hybridized carbons (Fsp3) is 0.571. The van der Waals surface area contributed by atoms with E-state index in [1.54, 1.807) is 27.7 Å². The van der Waals surface area contributed by atoms with Gasteiger partial charge in [-0.15, -0.1) is 0 Å². The normalized spacial score (nSPS) is 14.5. The van der Waals surface area contributed by atoms with E-state index in [1.807, 2.05) is 0 Å². The maximum atomic E-state index is 11.7.